The van der Waals surface area contributed by atoms with E-state index in [9.17, 15) is 25.3 Å². The Balaban J connectivity index is 1.71. The highest BCUT2D eigenvalue weighted by atomic mass is 16.7. The van der Waals surface area contributed by atoms with E-state index in [-0.39, 0.29) is 13.0 Å². The first kappa shape index (κ1) is 19.5. The second kappa shape index (κ2) is 6.68. The van der Waals surface area contributed by atoms with Gasteiger partial charge in [0.1, 0.15) is 5.92 Å². The Morgan fingerprint density at radius 3 is 2.19 bits per heavy atom. The molecule has 1 saturated carbocycles. The average Bonchev–Trinajstić information content (AvgIpc) is 3.23. The minimum Gasteiger partial charge on any atom is -0.378 e. The molecule has 6 rings (SSSR count). The Bertz CT molecular complexity index is 1230. The average molecular weight is 436 g/mol. The van der Waals surface area contributed by atoms with Gasteiger partial charge in [-0.3, -0.25) is 20.2 Å². The van der Waals surface area contributed by atoms with Gasteiger partial charge in [0, 0.05) is 9.85 Å². The number of benzene rings is 3. The molecular weight excluding hydrogens is 416 g/mol. The van der Waals surface area contributed by atoms with Crippen molar-refractivity contribution in [1.82, 2.24) is 0 Å². The van der Waals surface area contributed by atoms with Gasteiger partial charge in [-0.05, 0) is 39.6 Å². The molecule has 3 aromatic carbocycles. The monoisotopic (exact) mass is 436 g/mol. The van der Waals surface area contributed by atoms with Gasteiger partial charge >= 0.3 is 0 Å². The summed E-state index contributed by atoms with van der Waals surface area (Å²) in [5.74, 6) is -1.86. The van der Waals surface area contributed by atoms with Gasteiger partial charge in [0.15, 0.2) is 11.9 Å². The molecule has 0 aromatic heterocycles. The third-order valence-electron chi connectivity index (χ3n) is 7.43. The van der Waals surface area contributed by atoms with Crippen LogP contribution >= 0.6 is 0 Å². The fourth-order valence-corrected chi connectivity index (χ4v) is 6.21. The summed E-state index contributed by atoms with van der Waals surface area (Å²) in [5.41, 5.74) is -1.43. The lowest BCUT2D eigenvalue weighted by Gasteiger charge is -2.49. The number of aliphatic hydroxyl groups is 1. The summed E-state index contributed by atoms with van der Waals surface area (Å²) < 4.78 is 11.3. The summed E-state index contributed by atoms with van der Waals surface area (Å²) in [7, 11) is 0. The van der Waals surface area contributed by atoms with E-state index in [0.29, 0.717) is 16.3 Å². The third-order valence-corrected chi connectivity index (χ3v) is 7.43. The summed E-state index contributed by atoms with van der Waals surface area (Å²) >= 11 is 0. The third kappa shape index (κ3) is 2.49. The highest BCUT2D eigenvalue weighted by Crippen LogP contribution is 2.55. The number of hydrogen-bond donors (Lipinski definition) is 1. The van der Waals surface area contributed by atoms with Crippen LogP contribution in [-0.4, -0.2) is 51.6 Å². The largest absolute Gasteiger partial charge is 0.378 e. The molecule has 2 saturated heterocycles. The number of nitro groups is 2. The number of hydrogen-bond acceptors (Lipinski definition) is 7. The lowest BCUT2D eigenvalue weighted by molar-refractivity contribution is -0.607. The van der Waals surface area contributed by atoms with Crippen molar-refractivity contribution in [2.24, 2.45) is 5.92 Å². The first-order valence-electron chi connectivity index (χ1n) is 10.6. The van der Waals surface area contributed by atoms with Gasteiger partial charge in [-0.25, -0.2) is 0 Å². The maximum absolute atomic E-state index is 12.5. The van der Waals surface area contributed by atoms with Gasteiger partial charge in [-0.15, -0.1) is 0 Å². The van der Waals surface area contributed by atoms with Crippen LogP contribution < -0.4 is 0 Å². The van der Waals surface area contributed by atoms with E-state index in [1.165, 1.54) is 0 Å². The molecule has 9 nitrogen and oxygen atoms in total. The lowest BCUT2D eigenvalue weighted by Crippen LogP contribution is -2.69. The standard InChI is InChI=1S/C23H20N2O7/c26-23-10-16(17-11-31-22(23)32-17)20(24(27)28)19(21(23)25(29)30)18-14-7-3-1-5-12(14)9-13-6-2-4-8-15(13)18/h1-9,16-17,19-22,26H,10-11H2/t16-,17+,19-,20+,21-,22-,23-/m0/s1. The van der Waals surface area contributed by atoms with Gasteiger partial charge in [0.25, 0.3) is 6.04 Å². The van der Waals surface area contributed by atoms with Gasteiger partial charge in [-0.2, -0.15) is 0 Å². The molecule has 2 heterocycles. The highest BCUT2D eigenvalue weighted by Gasteiger charge is 2.73. The summed E-state index contributed by atoms with van der Waals surface area (Å²) in [4.78, 5) is 23.9. The molecule has 7 atom stereocenters. The lowest BCUT2D eigenvalue weighted by atomic mass is 9.60. The zero-order chi connectivity index (χ0) is 22.2. The number of nitrogens with zero attached hydrogens (tertiary/aromatic N) is 2. The molecule has 0 radical (unpaired) electrons. The maximum atomic E-state index is 12.5. The normalized spacial score (nSPS) is 35.8. The van der Waals surface area contributed by atoms with Crippen molar-refractivity contribution in [2.45, 2.75) is 42.4 Å². The molecule has 3 aliphatic rings. The Labute approximate surface area is 181 Å². The Morgan fingerprint density at radius 2 is 1.59 bits per heavy atom. The first-order chi connectivity index (χ1) is 15.4. The Morgan fingerprint density at radius 1 is 0.969 bits per heavy atom. The van der Waals surface area contributed by atoms with Crippen molar-refractivity contribution in [1.29, 1.82) is 0 Å². The van der Waals surface area contributed by atoms with Crippen LogP contribution in [0, 0.1) is 26.1 Å². The molecule has 0 unspecified atom stereocenters. The van der Waals surface area contributed by atoms with Crippen molar-refractivity contribution >= 4 is 21.5 Å². The van der Waals surface area contributed by atoms with Crippen LogP contribution in [0.2, 0.25) is 0 Å². The van der Waals surface area contributed by atoms with Crippen molar-refractivity contribution in [3.8, 4) is 0 Å². The molecule has 3 fully saturated rings. The molecule has 3 aromatic rings. The van der Waals surface area contributed by atoms with Crippen molar-refractivity contribution < 1.29 is 24.4 Å². The quantitative estimate of drug-likeness (QED) is 0.380. The summed E-state index contributed by atoms with van der Waals surface area (Å²) in [6, 6.07) is 13.8. The van der Waals surface area contributed by atoms with Crippen molar-refractivity contribution in [2.75, 3.05) is 6.61 Å². The molecule has 32 heavy (non-hydrogen) atoms. The Kier molecular flexibility index (Phi) is 4.08. The fourth-order valence-electron chi connectivity index (χ4n) is 6.21. The summed E-state index contributed by atoms with van der Waals surface area (Å²) in [6.45, 7) is 0.0788. The van der Waals surface area contributed by atoms with Gasteiger partial charge in [0.05, 0.1) is 18.6 Å². The molecule has 1 aliphatic carbocycles. The van der Waals surface area contributed by atoms with Crippen LogP contribution in [0.1, 0.15) is 17.9 Å². The summed E-state index contributed by atoms with van der Waals surface area (Å²) in [6.07, 6.45) is -1.85. The van der Waals surface area contributed by atoms with E-state index in [4.69, 9.17) is 9.47 Å². The fraction of sp³-hybridized carbons (Fsp3) is 0.391. The van der Waals surface area contributed by atoms with E-state index >= 15 is 0 Å². The van der Waals surface area contributed by atoms with Crippen LogP contribution in [0.15, 0.2) is 54.6 Å². The van der Waals surface area contributed by atoms with E-state index in [0.717, 1.165) is 10.8 Å². The van der Waals surface area contributed by atoms with E-state index < -0.39 is 51.8 Å². The van der Waals surface area contributed by atoms with Gasteiger partial charge in [-0.1, -0.05) is 48.5 Å². The second-order valence-electron chi connectivity index (χ2n) is 8.96. The molecule has 0 spiro atoms. The highest BCUT2D eigenvalue weighted by molar-refractivity contribution is 6.02. The molecular formula is C23H20N2O7. The maximum Gasteiger partial charge on any atom is 0.259 e. The first-order valence-corrected chi connectivity index (χ1v) is 10.6. The predicted octanol–water partition coefficient (Wildman–Crippen LogP) is 2.87. The molecule has 0 amide bonds. The minimum atomic E-state index is -1.96. The molecule has 1 N–H and O–H groups in total. The van der Waals surface area contributed by atoms with Gasteiger partial charge < -0.3 is 14.6 Å². The minimum absolute atomic E-state index is 0.0788. The topological polar surface area (TPSA) is 125 Å². The van der Waals surface area contributed by atoms with Crippen LogP contribution in [0.25, 0.3) is 21.5 Å². The van der Waals surface area contributed by atoms with Crippen LogP contribution in [0.4, 0.5) is 0 Å². The van der Waals surface area contributed by atoms with Gasteiger partial charge in [0.2, 0.25) is 6.04 Å². The summed E-state index contributed by atoms with van der Waals surface area (Å²) in [5, 5.41) is 39.6. The molecule has 9 heteroatoms. The van der Waals surface area contributed by atoms with E-state index in [1.807, 2.05) is 54.6 Å². The smallest absolute Gasteiger partial charge is 0.259 e. The zero-order valence-electron chi connectivity index (χ0n) is 16.9. The van der Waals surface area contributed by atoms with E-state index in [1.54, 1.807) is 0 Å². The predicted molar refractivity (Wildman–Crippen MR) is 113 cm³/mol. The Hall–Kier alpha value is -3.14. The zero-order valence-corrected chi connectivity index (χ0v) is 16.9. The number of ether oxygens (including phenoxy) is 2. The van der Waals surface area contributed by atoms with E-state index in [2.05, 4.69) is 0 Å². The number of rotatable bonds is 3. The van der Waals surface area contributed by atoms with Crippen LogP contribution in [-0.2, 0) is 9.47 Å². The van der Waals surface area contributed by atoms with Crippen LogP contribution in [0.5, 0.6) is 0 Å². The van der Waals surface area contributed by atoms with Crippen molar-refractivity contribution in [3.05, 3.63) is 80.4 Å². The molecule has 4 bridgehead atoms. The second-order valence-corrected chi connectivity index (χ2v) is 8.96. The molecule has 164 valence electrons. The number of fused-ring (bicyclic) bond motifs is 8. The SMILES string of the molecule is O=[N+]([O-])[C@@H]1[C@H]2C[C@@](O)([C@H]3OC[C@H]2O3)[C@@H]([N+](=O)[O-])[C@H]1c1c2ccccc2cc2ccccc12. The van der Waals surface area contributed by atoms with Crippen molar-refractivity contribution in [3.63, 3.8) is 0 Å². The van der Waals surface area contributed by atoms with Crippen LogP contribution in [0.3, 0.4) is 0 Å². The molecule has 2 aliphatic heterocycles.